The molecular formula is C14H13FN2O3. The second kappa shape index (κ2) is 5.03. The van der Waals surface area contributed by atoms with E-state index in [9.17, 15) is 9.18 Å². The van der Waals surface area contributed by atoms with E-state index in [0.717, 1.165) is 18.9 Å². The van der Waals surface area contributed by atoms with Crippen molar-refractivity contribution < 1.29 is 18.4 Å². The van der Waals surface area contributed by atoms with Gasteiger partial charge < -0.3 is 9.26 Å². The number of carbonyl (C=O) groups is 1. The van der Waals surface area contributed by atoms with Crippen LogP contribution in [-0.4, -0.2) is 15.9 Å². The fraction of sp³-hybridized carbons (Fsp3) is 0.357. The molecule has 1 aromatic carbocycles. The predicted molar refractivity (Wildman–Crippen MR) is 67.0 cm³/mol. The van der Waals surface area contributed by atoms with Crippen molar-refractivity contribution in [2.45, 2.75) is 32.3 Å². The molecule has 1 aliphatic rings. The molecule has 1 fully saturated rings. The maximum absolute atomic E-state index is 13.1. The summed E-state index contributed by atoms with van der Waals surface area (Å²) in [5, 5.41) is 3.87. The summed E-state index contributed by atoms with van der Waals surface area (Å²) in [5.41, 5.74) is 0.201. The average Bonchev–Trinajstić information content (AvgIpc) is 3.17. The van der Waals surface area contributed by atoms with E-state index in [2.05, 4.69) is 10.1 Å². The lowest BCUT2D eigenvalue weighted by atomic mass is 10.1. The molecule has 0 bridgehead atoms. The lowest BCUT2D eigenvalue weighted by Crippen LogP contribution is -2.02. The molecular weight excluding hydrogens is 263 g/mol. The number of aromatic nitrogens is 2. The largest absolute Gasteiger partial charge is 0.483 e. The van der Waals surface area contributed by atoms with E-state index >= 15 is 0 Å². The quantitative estimate of drug-likeness (QED) is 0.786. The Kier molecular flexibility index (Phi) is 3.22. The lowest BCUT2D eigenvalue weighted by molar-refractivity contribution is 0.101. The minimum Gasteiger partial charge on any atom is -0.483 e. The fourth-order valence-electron chi connectivity index (χ4n) is 1.88. The number of hydrogen-bond donors (Lipinski definition) is 0. The normalized spacial score (nSPS) is 14.3. The molecule has 0 spiro atoms. The van der Waals surface area contributed by atoms with Crippen LogP contribution in [0.5, 0.6) is 5.75 Å². The summed E-state index contributed by atoms with van der Waals surface area (Å²) < 4.78 is 23.7. The summed E-state index contributed by atoms with van der Waals surface area (Å²) in [7, 11) is 0. The Bertz CT molecular complexity index is 650. The van der Waals surface area contributed by atoms with Gasteiger partial charge in [0.2, 0.25) is 0 Å². The highest BCUT2D eigenvalue weighted by Gasteiger charge is 2.28. The molecule has 1 aromatic heterocycles. The van der Waals surface area contributed by atoms with Gasteiger partial charge in [-0.1, -0.05) is 5.16 Å². The first-order valence-corrected chi connectivity index (χ1v) is 6.39. The Morgan fingerprint density at radius 3 is 3.00 bits per heavy atom. The standard InChI is InChI=1S/C14H13FN2O3/c1-8(18)11-6-10(15)4-5-12(11)19-7-13-16-14(17-20-13)9-2-3-9/h4-6,9H,2-3,7H2,1H3. The molecule has 1 saturated carbocycles. The zero-order chi connectivity index (χ0) is 14.1. The van der Waals surface area contributed by atoms with Gasteiger partial charge in [-0.2, -0.15) is 4.98 Å². The third-order valence-electron chi connectivity index (χ3n) is 3.10. The van der Waals surface area contributed by atoms with Crippen LogP contribution in [0.4, 0.5) is 4.39 Å². The molecule has 1 aliphatic carbocycles. The van der Waals surface area contributed by atoms with Crippen LogP contribution in [0.1, 0.15) is 47.8 Å². The number of halogens is 1. The minimum absolute atomic E-state index is 0.0611. The minimum atomic E-state index is -0.476. The maximum Gasteiger partial charge on any atom is 0.264 e. The van der Waals surface area contributed by atoms with Gasteiger partial charge in [-0.25, -0.2) is 4.39 Å². The number of hydrogen-bond acceptors (Lipinski definition) is 5. The van der Waals surface area contributed by atoms with Crippen molar-refractivity contribution in [2.75, 3.05) is 0 Å². The Balaban J connectivity index is 1.72. The highest BCUT2D eigenvalue weighted by Crippen LogP contribution is 2.38. The van der Waals surface area contributed by atoms with E-state index in [1.54, 1.807) is 0 Å². The summed E-state index contributed by atoms with van der Waals surface area (Å²) in [6.07, 6.45) is 2.18. The second-order valence-corrected chi connectivity index (χ2v) is 4.81. The van der Waals surface area contributed by atoms with Gasteiger partial charge in [0.25, 0.3) is 5.89 Å². The fourth-order valence-corrected chi connectivity index (χ4v) is 1.88. The molecule has 0 unspecified atom stereocenters. The topological polar surface area (TPSA) is 65.2 Å². The molecule has 3 rings (SSSR count). The van der Waals surface area contributed by atoms with Gasteiger partial charge in [0.05, 0.1) is 5.56 Å². The third-order valence-corrected chi connectivity index (χ3v) is 3.10. The maximum atomic E-state index is 13.1. The van der Waals surface area contributed by atoms with Crippen LogP contribution < -0.4 is 4.74 Å². The number of nitrogens with zero attached hydrogens (tertiary/aromatic N) is 2. The number of ether oxygens (including phenoxy) is 1. The second-order valence-electron chi connectivity index (χ2n) is 4.81. The van der Waals surface area contributed by atoms with Gasteiger partial charge in [-0.15, -0.1) is 0 Å². The number of ketones is 1. The summed E-state index contributed by atoms with van der Waals surface area (Å²) in [4.78, 5) is 15.7. The van der Waals surface area contributed by atoms with Crippen LogP contribution in [0.15, 0.2) is 22.7 Å². The Morgan fingerprint density at radius 2 is 2.30 bits per heavy atom. The number of Topliss-reactive ketones (excluding diaryl/α,β-unsaturated/α-hetero) is 1. The van der Waals surface area contributed by atoms with Crippen molar-refractivity contribution in [2.24, 2.45) is 0 Å². The molecule has 6 heteroatoms. The van der Waals surface area contributed by atoms with Gasteiger partial charge in [-0.3, -0.25) is 4.79 Å². The van der Waals surface area contributed by atoms with Crippen molar-refractivity contribution in [3.63, 3.8) is 0 Å². The highest BCUT2D eigenvalue weighted by atomic mass is 19.1. The Hall–Kier alpha value is -2.24. The predicted octanol–water partition coefficient (Wildman–Crippen LogP) is 2.87. The van der Waals surface area contributed by atoms with Gasteiger partial charge in [0.15, 0.2) is 18.2 Å². The van der Waals surface area contributed by atoms with E-state index in [4.69, 9.17) is 9.26 Å². The lowest BCUT2D eigenvalue weighted by Gasteiger charge is -2.07. The van der Waals surface area contributed by atoms with Gasteiger partial charge >= 0.3 is 0 Å². The SMILES string of the molecule is CC(=O)c1cc(F)ccc1OCc1nc(C2CC2)no1. The van der Waals surface area contributed by atoms with Crippen LogP contribution in [0.2, 0.25) is 0 Å². The summed E-state index contributed by atoms with van der Waals surface area (Å²) in [6.45, 7) is 1.42. The molecule has 0 aliphatic heterocycles. The molecule has 1 heterocycles. The zero-order valence-corrected chi connectivity index (χ0v) is 10.9. The number of benzene rings is 1. The van der Waals surface area contributed by atoms with Crippen LogP contribution in [0.25, 0.3) is 0 Å². The number of carbonyl (C=O) groups excluding carboxylic acids is 1. The van der Waals surface area contributed by atoms with E-state index in [1.165, 1.54) is 19.1 Å². The summed E-state index contributed by atoms with van der Waals surface area (Å²) in [5.74, 6) is 1.04. The molecule has 104 valence electrons. The third kappa shape index (κ3) is 2.68. The highest BCUT2D eigenvalue weighted by molar-refractivity contribution is 5.96. The average molecular weight is 276 g/mol. The van der Waals surface area contributed by atoms with Gasteiger partial charge in [0.1, 0.15) is 11.6 Å². The van der Waals surface area contributed by atoms with Crippen LogP contribution in [0, 0.1) is 5.82 Å². The zero-order valence-electron chi connectivity index (χ0n) is 10.9. The van der Waals surface area contributed by atoms with E-state index in [0.29, 0.717) is 23.4 Å². The molecule has 5 nitrogen and oxygen atoms in total. The first-order chi connectivity index (χ1) is 9.63. The van der Waals surface area contributed by atoms with E-state index < -0.39 is 5.82 Å². The van der Waals surface area contributed by atoms with Crippen molar-refractivity contribution >= 4 is 5.78 Å². The van der Waals surface area contributed by atoms with Crippen LogP contribution >= 0.6 is 0 Å². The van der Waals surface area contributed by atoms with Crippen molar-refractivity contribution in [3.8, 4) is 5.75 Å². The van der Waals surface area contributed by atoms with Crippen LogP contribution in [0.3, 0.4) is 0 Å². The molecule has 2 aromatic rings. The van der Waals surface area contributed by atoms with Crippen LogP contribution in [-0.2, 0) is 6.61 Å². The Morgan fingerprint density at radius 1 is 1.50 bits per heavy atom. The summed E-state index contributed by atoms with van der Waals surface area (Å²) >= 11 is 0. The molecule has 0 N–H and O–H groups in total. The van der Waals surface area contributed by atoms with E-state index in [1.807, 2.05) is 0 Å². The first kappa shape index (κ1) is 12.8. The number of rotatable bonds is 5. The molecule has 0 atom stereocenters. The monoisotopic (exact) mass is 276 g/mol. The van der Waals surface area contributed by atoms with Crippen molar-refractivity contribution in [1.82, 2.24) is 10.1 Å². The molecule has 0 saturated heterocycles. The first-order valence-electron chi connectivity index (χ1n) is 6.39. The summed E-state index contributed by atoms with van der Waals surface area (Å²) in [6, 6.07) is 3.82. The van der Waals surface area contributed by atoms with E-state index in [-0.39, 0.29) is 18.0 Å². The molecule has 0 amide bonds. The van der Waals surface area contributed by atoms with Crippen molar-refractivity contribution in [1.29, 1.82) is 0 Å². The smallest absolute Gasteiger partial charge is 0.264 e. The van der Waals surface area contributed by atoms with Gasteiger partial charge in [0, 0.05) is 5.92 Å². The van der Waals surface area contributed by atoms with Crippen molar-refractivity contribution in [3.05, 3.63) is 41.3 Å². The molecule has 20 heavy (non-hydrogen) atoms. The molecule has 0 radical (unpaired) electrons. The van der Waals surface area contributed by atoms with Gasteiger partial charge in [-0.05, 0) is 38.0 Å². The Labute approximate surface area is 114 Å².